The van der Waals surface area contributed by atoms with Crippen LogP contribution in [0.15, 0.2) is 18.3 Å². The predicted molar refractivity (Wildman–Crippen MR) is 59.1 cm³/mol. The van der Waals surface area contributed by atoms with Gasteiger partial charge in [-0.3, -0.25) is 9.78 Å². The average Bonchev–Trinajstić information content (AvgIpc) is 2.29. The van der Waals surface area contributed by atoms with Crippen LogP contribution < -0.4 is 5.73 Å². The third-order valence-electron chi connectivity index (χ3n) is 2.00. The molecule has 0 unspecified atom stereocenters. The Hall–Kier alpha value is -1.66. The fraction of sp³-hybridized carbons (Fsp3) is 0.333. The number of carbonyl (C=O) groups excluding carboxylic acids is 1. The molecule has 0 spiro atoms. The molecule has 0 bridgehead atoms. The Morgan fingerprint density at radius 3 is 3.07 bits per heavy atom. The molecule has 1 aromatic heterocycles. The van der Waals surface area contributed by atoms with Crippen LogP contribution in [0.3, 0.4) is 0 Å². The number of Topliss-reactive ketones (excluding diaryl/α,β-unsaturated/α-hetero) is 1. The first-order valence-corrected chi connectivity index (χ1v) is 4.85. The highest BCUT2D eigenvalue weighted by molar-refractivity contribution is 5.96. The van der Waals surface area contributed by atoms with Gasteiger partial charge in [0.05, 0.1) is 5.69 Å². The molecule has 0 radical (unpaired) electrons. The smallest absolute Gasteiger partial charge is 0.163 e. The summed E-state index contributed by atoms with van der Waals surface area (Å²) in [6, 6.07) is 3.45. The molecule has 0 aliphatic rings. The summed E-state index contributed by atoms with van der Waals surface area (Å²) in [5, 5.41) is 0. The van der Waals surface area contributed by atoms with Crippen molar-refractivity contribution in [3.05, 3.63) is 29.6 Å². The van der Waals surface area contributed by atoms with Crippen LogP contribution in [-0.2, 0) is 6.54 Å². The highest BCUT2D eigenvalue weighted by atomic mass is 16.1. The van der Waals surface area contributed by atoms with Crippen LogP contribution in [-0.4, -0.2) is 10.8 Å². The molecule has 3 heteroatoms. The van der Waals surface area contributed by atoms with Crippen molar-refractivity contribution in [3.8, 4) is 11.8 Å². The van der Waals surface area contributed by atoms with Crippen LogP contribution in [0.5, 0.6) is 0 Å². The van der Waals surface area contributed by atoms with Crippen molar-refractivity contribution < 1.29 is 4.79 Å². The number of carbonyl (C=O) groups is 1. The summed E-state index contributed by atoms with van der Waals surface area (Å²) in [6.45, 7) is 2.12. The van der Waals surface area contributed by atoms with Crippen molar-refractivity contribution in [2.75, 3.05) is 0 Å². The molecule has 0 aliphatic heterocycles. The number of hydrogen-bond donors (Lipinski definition) is 1. The number of rotatable bonds is 4. The third kappa shape index (κ3) is 3.53. The molecule has 0 aromatic carbocycles. The first-order chi connectivity index (χ1) is 7.27. The zero-order valence-corrected chi connectivity index (χ0v) is 8.79. The van der Waals surface area contributed by atoms with Gasteiger partial charge >= 0.3 is 0 Å². The number of ketones is 1. The second-order valence-corrected chi connectivity index (χ2v) is 3.09. The molecule has 1 heterocycles. The molecule has 1 rings (SSSR count). The summed E-state index contributed by atoms with van der Waals surface area (Å²) in [5.74, 6) is 5.72. The zero-order chi connectivity index (χ0) is 11.1. The maximum absolute atomic E-state index is 11.7. The largest absolute Gasteiger partial charge is 0.325 e. The lowest BCUT2D eigenvalue weighted by Crippen LogP contribution is -2.04. The monoisotopic (exact) mass is 202 g/mol. The molecule has 0 fully saturated rings. The Morgan fingerprint density at radius 2 is 2.40 bits per heavy atom. The number of hydrogen-bond acceptors (Lipinski definition) is 3. The van der Waals surface area contributed by atoms with Gasteiger partial charge in [-0.05, 0) is 19.1 Å². The van der Waals surface area contributed by atoms with Gasteiger partial charge < -0.3 is 5.73 Å². The van der Waals surface area contributed by atoms with E-state index in [9.17, 15) is 4.79 Å². The summed E-state index contributed by atoms with van der Waals surface area (Å²) in [6.07, 6.45) is 2.67. The maximum Gasteiger partial charge on any atom is 0.163 e. The summed E-state index contributed by atoms with van der Waals surface area (Å²) < 4.78 is 0. The Bertz CT molecular complexity index is 402. The van der Waals surface area contributed by atoms with E-state index in [4.69, 9.17) is 5.73 Å². The lowest BCUT2D eigenvalue weighted by atomic mass is 10.1. The molecular weight excluding hydrogens is 188 g/mol. The standard InChI is InChI=1S/C12H14N2O/c1-2-3-4-5-12(15)10-6-7-14-11(8-10)9-13/h6-8H,4-5,9,13H2,1H3. The number of aromatic nitrogens is 1. The Balaban J connectivity index is 2.67. The second kappa shape index (κ2) is 5.94. The van der Waals surface area contributed by atoms with Gasteiger partial charge in [0, 0.05) is 31.1 Å². The minimum atomic E-state index is 0.0925. The number of pyridine rings is 1. The van der Waals surface area contributed by atoms with Gasteiger partial charge in [0.15, 0.2) is 5.78 Å². The summed E-state index contributed by atoms with van der Waals surface area (Å²) in [4.78, 5) is 15.7. The Kier molecular flexibility index (Phi) is 4.52. The normalized spacial score (nSPS) is 9.20. The van der Waals surface area contributed by atoms with E-state index < -0.39 is 0 Å². The first-order valence-electron chi connectivity index (χ1n) is 4.85. The molecule has 0 atom stereocenters. The molecular formula is C12H14N2O. The van der Waals surface area contributed by atoms with Crippen LogP contribution in [0.25, 0.3) is 0 Å². The summed E-state index contributed by atoms with van der Waals surface area (Å²) in [7, 11) is 0. The van der Waals surface area contributed by atoms with Crippen LogP contribution >= 0.6 is 0 Å². The van der Waals surface area contributed by atoms with E-state index >= 15 is 0 Å². The van der Waals surface area contributed by atoms with Gasteiger partial charge in [-0.2, -0.15) is 0 Å². The van der Waals surface area contributed by atoms with E-state index in [0.29, 0.717) is 24.9 Å². The van der Waals surface area contributed by atoms with E-state index in [1.54, 1.807) is 25.3 Å². The molecule has 1 aromatic rings. The van der Waals surface area contributed by atoms with Crippen LogP contribution in [0.4, 0.5) is 0 Å². The highest BCUT2D eigenvalue weighted by Gasteiger charge is 2.05. The third-order valence-corrected chi connectivity index (χ3v) is 2.00. The molecule has 78 valence electrons. The minimum absolute atomic E-state index is 0.0925. The molecule has 0 aliphatic carbocycles. The van der Waals surface area contributed by atoms with Gasteiger partial charge in [0.2, 0.25) is 0 Å². The lowest BCUT2D eigenvalue weighted by molar-refractivity contribution is 0.0984. The van der Waals surface area contributed by atoms with Crippen LogP contribution in [0.2, 0.25) is 0 Å². The minimum Gasteiger partial charge on any atom is -0.325 e. The molecule has 2 N–H and O–H groups in total. The maximum atomic E-state index is 11.7. The Morgan fingerprint density at radius 1 is 1.60 bits per heavy atom. The molecule has 0 amide bonds. The van der Waals surface area contributed by atoms with Gasteiger partial charge in [-0.1, -0.05) is 0 Å². The summed E-state index contributed by atoms with van der Waals surface area (Å²) in [5.41, 5.74) is 6.85. The Labute approximate surface area is 89.7 Å². The molecule has 15 heavy (non-hydrogen) atoms. The fourth-order valence-electron chi connectivity index (χ4n) is 1.21. The van der Waals surface area contributed by atoms with Crippen molar-refractivity contribution >= 4 is 5.78 Å². The molecule has 0 saturated heterocycles. The van der Waals surface area contributed by atoms with Crippen LogP contribution in [0.1, 0.15) is 35.8 Å². The van der Waals surface area contributed by atoms with Crippen molar-refractivity contribution in [3.63, 3.8) is 0 Å². The average molecular weight is 202 g/mol. The van der Waals surface area contributed by atoms with E-state index in [1.165, 1.54) is 0 Å². The SMILES string of the molecule is CC#CCCC(=O)c1ccnc(CN)c1. The van der Waals surface area contributed by atoms with E-state index in [-0.39, 0.29) is 5.78 Å². The van der Waals surface area contributed by atoms with Gasteiger partial charge in [-0.25, -0.2) is 0 Å². The van der Waals surface area contributed by atoms with Crippen LogP contribution in [0, 0.1) is 11.8 Å². The summed E-state index contributed by atoms with van der Waals surface area (Å²) >= 11 is 0. The number of nitrogens with two attached hydrogens (primary N) is 1. The van der Waals surface area contributed by atoms with Crippen molar-refractivity contribution in [2.24, 2.45) is 5.73 Å². The molecule has 0 saturated carbocycles. The topological polar surface area (TPSA) is 56.0 Å². The van der Waals surface area contributed by atoms with Crippen molar-refractivity contribution in [1.29, 1.82) is 0 Å². The van der Waals surface area contributed by atoms with E-state index in [1.807, 2.05) is 0 Å². The number of nitrogens with zero attached hydrogens (tertiary/aromatic N) is 1. The quantitative estimate of drug-likeness (QED) is 0.595. The van der Waals surface area contributed by atoms with Crippen molar-refractivity contribution in [2.45, 2.75) is 26.3 Å². The van der Waals surface area contributed by atoms with E-state index in [0.717, 1.165) is 5.69 Å². The van der Waals surface area contributed by atoms with Gasteiger partial charge in [0.25, 0.3) is 0 Å². The van der Waals surface area contributed by atoms with Gasteiger partial charge in [-0.15, -0.1) is 11.8 Å². The fourth-order valence-corrected chi connectivity index (χ4v) is 1.21. The first kappa shape index (κ1) is 11.4. The van der Waals surface area contributed by atoms with E-state index in [2.05, 4.69) is 16.8 Å². The second-order valence-electron chi connectivity index (χ2n) is 3.09. The predicted octanol–water partition coefficient (Wildman–Crippen LogP) is 1.53. The van der Waals surface area contributed by atoms with Gasteiger partial charge in [0.1, 0.15) is 0 Å². The lowest BCUT2D eigenvalue weighted by Gasteiger charge is -2.00. The molecule has 3 nitrogen and oxygen atoms in total. The zero-order valence-electron chi connectivity index (χ0n) is 8.79. The van der Waals surface area contributed by atoms with Crippen molar-refractivity contribution in [1.82, 2.24) is 4.98 Å². The highest BCUT2D eigenvalue weighted by Crippen LogP contribution is 2.06.